The highest BCUT2D eigenvalue weighted by molar-refractivity contribution is 5.89. The second-order valence-electron chi connectivity index (χ2n) is 3.92. The molecule has 1 saturated heterocycles. The normalized spacial score (nSPS) is 20.5. The third-order valence-corrected chi connectivity index (χ3v) is 2.49. The van der Waals surface area contributed by atoms with Gasteiger partial charge in [-0.05, 0) is 13.8 Å². The lowest BCUT2D eigenvalue weighted by atomic mass is 10.1. The summed E-state index contributed by atoms with van der Waals surface area (Å²) >= 11 is 0. The quantitative estimate of drug-likeness (QED) is 0.659. The second kappa shape index (κ2) is 4.78. The van der Waals surface area contributed by atoms with Crippen molar-refractivity contribution in [1.29, 1.82) is 5.26 Å². The lowest BCUT2D eigenvalue weighted by molar-refractivity contribution is -0.129. The van der Waals surface area contributed by atoms with Crippen LogP contribution in [0.15, 0.2) is 0 Å². The molecule has 0 radical (unpaired) electrons. The minimum atomic E-state index is -0.298. The van der Waals surface area contributed by atoms with Gasteiger partial charge >= 0.3 is 0 Å². The van der Waals surface area contributed by atoms with E-state index in [2.05, 4.69) is 5.32 Å². The number of nitriles is 1. The van der Waals surface area contributed by atoms with Gasteiger partial charge in [0.25, 0.3) is 0 Å². The number of likely N-dealkylation sites (tertiary alicyclic amines) is 1. The molecule has 0 unspecified atom stereocenters. The standard InChI is InChI=1S/C10H15N3O2/c1-7(2)13-6-8(5-9(13)14)10(15)12-4-3-11/h7-8H,4-6H2,1-2H3,(H,12,15)/t8-/m0/s1. The van der Waals surface area contributed by atoms with Crippen LogP contribution in [0.2, 0.25) is 0 Å². The van der Waals surface area contributed by atoms with Gasteiger partial charge in [-0.15, -0.1) is 0 Å². The van der Waals surface area contributed by atoms with E-state index >= 15 is 0 Å². The summed E-state index contributed by atoms with van der Waals surface area (Å²) in [5.74, 6) is -0.483. The third kappa shape index (κ3) is 2.69. The molecule has 2 amide bonds. The maximum Gasteiger partial charge on any atom is 0.226 e. The Balaban J connectivity index is 2.51. The zero-order valence-corrected chi connectivity index (χ0v) is 8.99. The predicted octanol–water partition coefficient (Wildman–Crippen LogP) is -0.117. The number of hydrogen-bond donors (Lipinski definition) is 1. The van der Waals surface area contributed by atoms with Crippen LogP contribution >= 0.6 is 0 Å². The first-order valence-corrected chi connectivity index (χ1v) is 5.00. The van der Waals surface area contributed by atoms with Gasteiger partial charge in [0.05, 0.1) is 12.0 Å². The number of amides is 2. The van der Waals surface area contributed by atoms with Crippen molar-refractivity contribution in [3.05, 3.63) is 0 Å². The summed E-state index contributed by atoms with van der Waals surface area (Å²) in [6.07, 6.45) is 0.259. The molecule has 0 aromatic heterocycles. The van der Waals surface area contributed by atoms with E-state index in [4.69, 9.17) is 5.26 Å². The van der Waals surface area contributed by atoms with Gasteiger partial charge in [0, 0.05) is 19.0 Å². The van der Waals surface area contributed by atoms with E-state index in [9.17, 15) is 9.59 Å². The van der Waals surface area contributed by atoms with Crippen molar-refractivity contribution in [2.45, 2.75) is 26.3 Å². The molecule has 1 fully saturated rings. The smallest absolute Gasteiger partial charge is 0.226 e. The fourth-order valence-corrected chi connectivity index (χ4v) is 1.68. The Morgan fingerprint density at radius 2 is 2.40 bits per heavy atom. The molecule has 1 rings (SSSR count). The van der Waals surface area contributed by atoms with E-state index in [1.165, 1.54) is 0 Å². The molecule has 1 atom stereocenters. The van der Waals surface area contributed by atoms with Crippen molar-refractivity contribution >= 4 is 11.8 Å². The fraction of sp³-hybridized carbons (Fsp3) is 0.700. The van der Waals surface area contributed by atoms with Crippen LogP contribution in [0.3, 0.4) is 0 Å². The molecule has 0 aliphatic carbocycles. The Morgan fingerprint density at radius 1 is 1.73 bits per heavy atom. The number of carbonyl (C=O) groups excluding carboxylic acids is 2. The molecule has 0 spiro atoms. The average molecular weight is 209 g/mol. The minimum absolute atomic E-state index is 0.00516. The first-order valence-electron chi connectivity index (χ1n) is 5.00. The zero-order chi connectivity index (χ0) is 11.4. The van der Waals surface area contributed by atoms with Crippen LogP contribution in [0.4, 0.5) is 0 Å². The van der Waals surface area contributed by atoms with Gasteiger partial charge in [-0.1, -0.05) is 0 Å². The highest BCUT2D eigenvalue weighted by atomic mass is 16.2. The Kier molecular flexibility index (Phi) is 3.67. The van der Waals surface area contributed by atoms with Crippen LogP contribution in [0.25, 0.3) is 0 Å². The van der Waals surface area contributed by atoms with Crippen LogP contribution in [-0.4, -0.2) is 35.8 Å². The molecule has 0 aromatic rings. The summed E-state index contributed by atoms with van der Waals surface area (Å²) < 4.78 is 0. The number of carbonyl (C=O) groups is 2. The van der Waals surface area contributed by atoms with Crippen molar-refractivity contribution < 1.29 is 9.59 Å². The molecule has 1 N–H and O–H groups in total. The summed E-state index contributed by atoms with van der Waals surface area (Å²) in [6.45, 7) is 4.32. The topological polar surface area (TPSA) is 73.2 Å². The maximum atomic E-state index is 11.5. The van der Waals surface area contributed by atoms with Gasteiger partial charge in [0.15, 0.2) is 0 Å². The SMILES string of the molecule is CC(C)N1C[C@@H](C(=O)NCC#N)CC1=O. The zero-order valence-electron chi connectivity index (χ0n) is 8.99. The summed E-state index contributed by atoms with van der Waals surface area (Å²) in [7, 11) is 0. The van der Waals surface area contributed by atoms with Gasteiger partial charge in [-0.3, -0.25) is 9.59 Å². The molecule has 5 nitrogen and oxygen atoms in total. The Hall–Kier alpha value is -1.57. The molecule has 82 valence electrons. The van der Waals surface area contributed by atoms with E-state index in [-0.39, 0.29) is 36.7 Å². The van der Waals surface area contributed by atoms with Gasteiger partial charge in [-0.25, -0.2) is 0 Å². The predicted molar refractivity (Wildman–Crippen MR) is 53.6 cm³/mol. The van der Waals surface area contributed by atoms with Crippen molar-refractivity contribution in [1.82, 2.24) is 10.2 Å². The number of nitrogens with one attached hydrogen (secondary N) is 1. The van der Waals surface area contributed by atoms with Gasteiger partial charge < -0.3 is 10.2 Å². The van der Waals surface area contributed by atoms with E-state index in [1.54, 1.807) is 4.90 Å². The number of rotatable bonds is 3. The summed E-state index contributed by atoms with van der Waals surface area (Å²) in [5, 5.41) is 10.8. The fourth-order valence-electron chi connectivity index (χ4n) is 1.68. The lowest BCUT2D eigenvalue weighted by Gasteiger charge is -2.20. The van der Waals surface area contributed by atoms with E-state index in [0.29, 0.717) is 6.54 Å². The first kappa shape index (κ1) is 11.5. The van der Waals surface area contributed by atoms with Crippen molar-refractivity contribution in [2.75, 3.05) is 13.1 Å². The van der Waals surface area contributed by atoms with Crippen molar-refractivity contribution in [3.63, 3.8) is 0 Å². The molecule has 0 bridgehead atoms. The van der Waals surface area contributed by atoms with E-state index in [0.717, 1.165) is 0 Å². The molecule has 1 heterocycles. The Bertz CT molecular complexity index is 306. The van der Waals surface area contributed by atoms with Crippen LogP contribution in [0, 0.1) is 17.2 Å². The van der Waals surface area contributed by atoms with E-state index < -0.39 is 0 Å². The minimum Gasteiger partial charge on any atom is -0.343 e. The second-order valence-corrected chi connectivity index (χ2v) is 3.92. The lowest BCUT2D eigenvalue weighted by Crippen LogP contribution is -2.35. The molecule has 1 aliphatic heterocycles. The highest BCUT2D eigenvalue weighted by Gasteiger charge is 2.35. The molecule has 0 aromatic carbocycles. The van der Waals surface area contributed by atoms with E-state index in [1.807, 2.05) is 19.9 Å². The van der Waals surface area contributed by atoms with Gasteiger partial charge in [0.1, 0.15) is 6.54 Å². The molecule has 0 saturated carbocycles. The van der Waals surface area contributed by atoms with Crippen molar-refractivity contribution in [2.24, 2.45) is 5.92 Å². The Labute approximate surface area is 89.0 Å². The van der Waals surface area contributed by atoms with Gasteiger partial charge in [-0.2, -0.15) is 5.26 Å². The van der Waals surface area contributed by atoms with Gasteiger partial charge in [0.2, 0.25) is 11.8 Å². The molecular formula is C10H15N3O2. The molecular weight excluding hydrogens is 194 g/mol. The monoisotopic (exact) mass is 209 g/mol. The first-order chi connectivity index (χ1) is 7.06. The largest absolute Gasteiger partial charge is 0.343 e. The Morgan fingerprint density at radius 3 is 2.87 bits per heavy atom. The highest BCUT2D eigenvalue weighted by Crippen LogP contribution is 2.19. The van der Waals surface area contributed by atoms with Crippen LogP contribution in [0.1, 0.15) is 20.3 Å². The van der Waals surface area contributed by atoms with Crippen LogP contribution in [0.5, 0.6) is 0 Å². The average Bonchev–Trinajstić information content (AvgIpc) is 2.56. The molecule has 5 heteroatoms. The molecule has 15 heavy (non-hydrogen) atoms. The summed E-state index contributed by atoms with van der Waals surface area (Å²) in [4.78, 5) is 24.7. The summed E-state index contributed by atoms with van der Waals surface area (Å²) in [6, 6.07) is 1.97. The van der Waals surface area contributed by atoms with Crippen LogP contribution < -0.4 is 5.32 Å². The number of hydrogen-bond acceptors (Lipinski definition) is 3. The summed E-state index contributed by atoms with van der Waals surface area (Å²) in [5.41, 5.74) is 0. The third-order valence-electron chi connectivity index (χ3n) is 2.49. The van der Waals surface area contributed by atoms with Crippen LogP contribution in [-0.2, 0) is 9.59 Å². The molecule has 1 aliphatic rings. The maximum absolute atomic E-state index is 11.5. The number of nitrogens with zero attached hydrogens (tertiary/aromatic N) is 2. The van der Waals surface area contributed by atoms with Crippen molar-refractivity contribution in [3.8, 4) is 6.07 Å².